The number of hydrogen-bond acceptors (Lipinski definition) is 4. The average molecular weight is 376 g/mol. The maximum atomic E-state index is 12.6. The molecule has 0 unspecified atom stereocenters. The molecule has 6 nitrogen and oxygen atoms in total. The van der Waals surface area contributed by atoms with Gasteiger partial charge in [-0.15, -0.1) is 0 Å². The molecule has 0 bridgehead atoms. The summed E-state index contributed by atoms with van der Waals surface area (Å²) >= 11 is 0. The third-order valence-electron chi connectivity index (χ3n) is 3.88. The largest absolute Gasteiger partial charge is 0.484 e. The van der Waals surface area contributed by atoms with Crippen molar-refractivity contribution in [3.05, 3.63) is 54.6 Å². The quantitative estimate of drug-likeness (QED) is 0.745. The van der Waals surface area contributed by atoms with E-state index in [0.717, 1.165) is 11.9 Å². The van der Waals surface area contributed by atoms with Crippen molar-refractivity contribution in [2.45, 2.75) is 19.9 Å². The first-order valence-electron chi connectivity index (χ1n) is 8.24. The van der Waals surface area contributed by atoms with Crippen LogP contribution in [-0.2, 0) is 14.8 Å². The summed E-state index contributed by atoms with van der Waals surface area (Å²) in [6.45, 7) is 3.79. The number of benzene rings is 2. The first kappa shape index (κ1) is 19.8. The Morgan fingerprint density at radius 2 is 1.58 bits per heavy atom. The van der Waals surface area contributed by atoms with E-state index >= 15 is 0 Å². The molecule has 2 aromatic rings. The number of carbonyl (C=O) groups excluding carboxylic acids is 1. The highest BCUT2D eigenvalue weighted by Crippen LogP contribution is 2.21. The van der Waals surface area contributed by atoms with E-state index in [4.69, 9.17) is 4.74 Å². The maximum absolute atomic E-state index is 12.6. The van der Waals surface area contributed by atoms with Gasteiger partial charge in [0.15, 0.2) is 6.61 Å². The maximum Gasteiger partial charge on any atom is 0.265 e. The fraction of sp³-hybridized carbons (Fsp3) is 0.316. The zero-order valence-electron chi connectivity index (χ0n) is 15.4. The molecule has 0 aliphatic carbocycles. The van der Waals surface area contributed by atoms with Crippen LogP contribution in [0.1, 0.15) is 13.8 Å². The standard InChI is InChI=1S/C19H24N2O4S/c1-15(2)21(17-8-6-5-7-9-17)19(22)14-25-18-12-10-16(11-13-18)20(3)26(4,23)24/h5-13,15H,14H2,1-4H3. The van der Waals surface area contributed by atoms with Crippen LogP contribution in [-0.4, -0.2) is 40.3 Å². The predicted octanol–water partition coefficient (Wildman–Crippen LogP) is 2.90. The Bertz CT molecular complexity index is 834. The van der Waals surface area contributed by atoms with Gasteiger partial charge in [0.05, 0.1) is 11.9 Å². The minimum atomic E-state index is -3.31. The summed E-state index contributed by atoms with van der Waals surface area (Å²) in [6.07, 6.45) is 1.14. The Kier molecular flexibility index (Phi) is 6.26. The number of anilines is 2. The van der Waals surface area contributed by atoms with Gasteiger partial charge in [-0.2, -0.15) is 0 Å². The molecule has 0 aromatic heterocycles. The van der Waals surface area contributed by atoms with Gasteiger partial charge < -0.3 is 9.64 Å². The van der Waals surface area contributed by atoms with Crippen molar-refractivity contribution in [1.82, 2.24) is 0 Å². The topological polar surface area (TPSA) is 66.9 Å². The van der Waals surface area contributed by atoms with Gasteiger partial charge >= 0.3 is 0 Å². The van der Waals surface area contributed by atoms with E-state index in [0.29, 0.717) is 11.4 Å². The Labute approximate surface area is 155 Å². The highest BCUT2D eigenvalue weighted by molar-refractivity contribution is 7.92. The molecule has 0 atom stereocenters. The van der Waals surface area contributed by atoms with E-state index < -0.39 is 10.0 Å². The van der Waals surface area contributed by atoms with Crippen LogP contribution in [0.5, 0.6) is 5.75 Å². The van der Waals surface area contributed by atoms with Gasteiger partial charge in [-0.05, 0) is 50.2 Å². The van der Waals surface area contributed by atoms with Crippen molar-refractivity contribution in [2.24, 2.45) is 0 Å². The van der Waals surface area contributed by atoms with Crippen LogP contribution in [0.3, 0.4) is 0 Å². The molecule has 7 heteroatoms. The second kappa shape index (κ2) is 8.23. The molecule has 2 aromatic carbocycles. The summed E-state index contributed by atoms with van der Waals surface area (Å²) in [5.74, 6) is 0.351. The summed E-state index contributed by atoms with van der Waals surface area (Å²) in [5, 5.41) is 0. The fourth-order valence-corrected chi connectivity index (χ4v) is 2.98. The van der Waals surface area contributed by atoms with E-state index in [1.807, 2.05) is 44.2 Å². The summed E-state index contributed by atoms with van der Waals surface area (Å²) in [5.41, 5.74) is 1.35. The van der Waals surface area contributed by atoms with Crippen LogP contribution in [0.15, 0.2) is 54.6 Å². The number of carbonyl (C=O) groups is 1. The zero-order valence-corrected chi connectivity index (χ0v) is 16.2. The highest BCUT2D eigenvalue weighted by atomic mass is 32.2. The smallest absolute Gasteiger partial charge is 0.265 e. The Balaban J connectivity index is 2.04. The van der Waals surface area contributed by atoms with Crippen molar-refractivity contribution >= 4 is 27.3 Å². The number of amides is 1. The number of hydrogen-bond donors (Lipinski definition) is 0. The number of sulfonamides is 1. The van der Waals surface area contributed by atoms with Crippen molar-refractivity contribution in [2.75, 3.05) is 29.1 Å². The van der Waals surface area contributed by atoms with Gasteiger partial charge in [0, 0.05) is 18.8 Å². The van der Waals surface area contributed by atoms with Crippen molar-refractivity contribution in [3.63, 3.8) is 0 Å². The van der Waals surface area contributed by atoms with Gasteiger partial charge in [0.25, 0.3) is 5.91 Å². The molecule has 0 saturated carbocycles. The van der Waals surface area contributed by atoms with Gasteiger partial charge in [-0.3, -0.25) is 9.10 Å². The fourth-order valence-electron chi connectivity index (χ4n) is 2.48. The van der Waals surface area contributed by atoms with E-state index in [9.17, 15) is 13.2 Å². The van der Waals surface area contributed by atoms with Crippen LogP contribution in [0, 0.1) is 0 Å². The molecular formula is C19H24N2O4S. The van der Waals surface area contributed by atoms with Crippen molar-refractivity contribution in [1.29, 1.82) is 0 Å². The van der Waals surface area contributed by atoms with Gasteiger partial charge in [-0.1, -0.05) is 18.2 Å². The Morgan fingerprint density at radius 1 is 1.00 bits per heavy atom. The van der Waals surface area contributed by atoms with Crippen LogP contribution in [0.25, 0.3) is 0 Å². The summed E-state index contributed by atoms with van der Waals surface area (Å²) < 4.78 is 29.9. The molecule has 0 radical (unpaired) electrons. The van der Waals surface area contributed by atoms with E-state index in [1.165, 1.54) is 11.4 Å². The van der Waals surface area contributed by atoms with Crippen LogP contribution >= 0.6 is 0 Å². The molecule has 0 aliphatic heterocycles. The molecule has 0 spiro atoms. The first-order chi connectivity index (χ1) is 12.2. The van der Waals surface area contributed by atoms with Crippen LogP contribution in [0.2, 0.25) is 0 Å². The molecule has 0 N–H and O–H groups in total. The molecule has 140 valence electrons. The molecule has 0 fully saturated rings. The number of nitrogens with zero attached hydrogens (tertiary/aromatic N) is 2. The second-order valence-corrected chi connectivity index (χ2v) is 8.22. The first-order valence-corrected chi connectivity index (χ1v) is 10.1. The lowest BCUT2D eigenvalue weighted by Crippen LogP contribution is -2.40. The predicted molar refractivity (Wildman–Crippen MR) is 104 cm³/mol. The lowest BCUT2D eigenvalue weighted by molar-refractivity contribution is -0.120. The van der Waals surface area contributed by atoms with Crippen molar-refractivity contribution < 1.29 is 17.9 Å². The molecular weight excluding hydrogens is 352 g/mol. The molecule has 26 heavy (non-hydrogen) atoms. The monoisotopic (exact) mass is 376 g/mol. The van der Waals surface area contributed by atoms with E-state index in [2.05, 4.69) is 0 Å². The molecule has 1 amide bonds. The number of para-hydroxylation sites is 1. The SMILES string of the molecule is CC(C)N(C(=O)COc1ccc(N(C)S(C)(=O)=O)cc1)c1ccccc1. The highest BCUT2D eigenvalue weighted by Gasteiger charge is 2.19. The molecule has 0 saturated heterocycles. The summed E-state index contributed by atoms with van der Waals surface area (Å²) in [6, 6.07) is 16.0. The third-order valence-corrected chi connectivity index (χ3v) is 5.09. The number of ether oxygens (including phenoxy) is 1. The zero-order chi connectivity index (χ0) is 19.3. The minimum Gasteiger partial charge on any atom is -0.484 e. The lowest BCUT2D eigenvalue weighted by Gasteiger charge is -2.27. The van der Waals surface area contributed by atoms with E-state index in [1.54, 1.807) is 29.2 Å². The molecule has 0 aliphatic rings. The Hall–Kier alpha value is -2.54. The normalized spacial score (nSPS) is 11.3. The third kappa shape index (κ3) is 4.98. The van der Waals surface area contributed by atoms with Crippen LogP contribution < -0.4 is 13.9 Å². The summed E-state index contributed by atoms with van der Waals surface area (Å²) in [7, 11) is -1.83. The van der Waals surface area contributed by atoms with E-state index in [-0.39, 0.29) is 18.6 Å². The molecule has 0 heterocycles. The van der Waals surface area contributed by atoms with Crippen molar-refractivity contribution in [3.8, 4) is 5.75 Å². The average Bonchev–Trinajstić information content (AvgIpc) is 2.60. The number of rotatable bonds is 7. The van der Waals surface area contributed by atoms with Gasteiger partial charge in [-0.25, -0.2) is 8.42 Å². The minimum absolute atomic E-state index is 0.000661. The second-order valence-electron chi connectivity index (χ2n) is 6.21. The van der Waals surface area contributed by atoms with Crippen LogP contribution in [0.4, 0.5) is 11.4 Å². The Morgan fingerprint density at radius 3 is 2.08 bits per heavy atom. The summed E-state index contributed by atoms with van der Waals surface area (Å²) in [4.78, 5) is 14.3. The van der Waals surface area contributed by atoms with Gasteiger partial charge in [0.1, 0.15) is 5.75 Å². The molecule has 2 rings (SSSR count). The lowest BCUT2D eigenvalue weighted by atomic mass is 10.2. The van der Waals surface area contributed by atoms with Gasteiger partial charge in [0.2, 0.25) is 10.0 Å².